The van der Waals surface area contributed by atoms with E-state index in [0.717, 1.165) is 37.8 Å². The Bertz CT molecular complexity index is 1020. The zero-order valence-electron chi connectivity index (χ0n) is 20.2. The lowest BCUT2D eigenvalue weighted by atomic mass is 9.74. The number of hydrogen-bond acceptors (Lipinski definition) is 5. The van der Waals surface area contributed by atoms with Crippen LogP contribution in [-0.4, -0.2) is 47.5 Å². The molecule has 8 heteroatoms. The fourth-order valence-electron chi connectivity index (χ4n) is 6.08. The van der Waals surface area contributed by atoms with Gasteiger partial charge in [0, 0.05) is 42.0 Å². The summed E-state index contributed by atoms with van der Waals surface area (Å²) in [5.74, 6) is -2.56. The van der Waals surface area contributed by atoms with E-state index in [4.69, 9.17) is 0 Å². The molecular weight excluding hydrogens is 448 g/mol. The highest BCUT2D eigenvalue weighted by atomic mass is 19.3. The molecule has 1 saturated carbocycles. The van der Waals surface area contributed by atoms with Gasteiger partial charge in [-0.1, -0.05) is 30.3 Å². The largest absolute Gasteiger partial charge is 0.352 e. The molecular formula is C27H35F2N5O. The van der Waals surface area contributed by atoms with Crippen molar-refractivity contribution in [2.24, 2.45) is 11.8 Å². The van der Waals surface area contributed by atoms with Gasteiger partial charge in [-0.2, -0.15) is 8.78 Å². The van der Waals surface area contributed by atoms with E-state index in [1.54, 1.807) is 23.1 Å². The lowest BCUT2D eigenvalue weighted by Gasteiger charge is -2.37. The van der Waals surface area contributed by atoms with Gasteiger partial charge in [-0.25, -0.2) is 5.43 Å². The summed E-state index contributed by atoms with van der Waals surface area (Å²) in [4.78, 5) is 19.3. The van der Waals surface area contributed by atoms with E-state index in [0.29, 0.717) is 25.0 Å². The number of fused-ring (bicyclic) bond motifs is 1. The first-order chi connectivity index (χ1) is 16.9. The number of aryl methyl sites for hydroxylation is 1. The molecule has 0 spiro atoms. The Balaban J connectivity index is 1.17. The predicted octanol–water partition coefficient (Wildman–Crippen LogP) is 3.70. The van der Waals surface area contributed by atoms with Crippen molar-refractivity contribution in [3.8, 4) is 0 Å². The average molecular weight is 484 g/mol. The number of halogens is 2. The Morgan fingerprint density at radius 3 is 2.80 bits per heavy atom. The van der Waals surface area contributed by atoms with E-state index < -0.39 is 5.92 Å². The van der Waals surface area contributed by atoms with Crippen molar-refractivity contribution >= 4 is 5.91 Å². The van der Waals surface area contributed by atoms with E-state index in [1.807, 2.05) is 19.2 Å². The molecule has 5 atom stereocenters. The van der Waals surface area contributed by atoms with E-state index in [9.17, 15) is 13.6 Å². The summed E-state index contributed by atoms with van der Waals surface area (Å²) >= 11 is 0. The molecule has 1 aromatic heterocycles. The first-order valence-electron chi connectivity index (χ1n) is 12.8. The summed E-state index contributed by atoms with van der Waals surface area (Å²) in [6.45, 7) is 2.77. The molecule has 1 aliphatic carbocycles. The van der Waals surface area contributed by atoms with Gasteiger partial charge in [-0.05, 0) is 69.2 Å². The molecule has 1 amide bonds. The Morgan fingerprint density at radius 1 is 1.17 bits per heavy atom. The third kappa shape index (κ3) is 5.55. The van der Waals surface area contributed by atoms with Gasteiger partial charge < -0.3 is 5.32 Å². The van der Waals surface area contributed by atoms with Crippen molar-refractivity contribution in [3.05, 3.63) is 65.5 Å². The summed E-state index contributed by atoms with van der Waals surface area (Å²) in [6, 6.07) is 12.6. The van der Waals surface area contributed by atoms with Crippen LogP contribution in [0.25, 0.3) is 0 Å². The zero-order valence-corrected chi connectivity index (χ0v) is 20.2. The van der Waals surface area contributed by atoms with Gasteiger partial charge >= 0.3 is 0 Å². The van der Waals surface area contributed by atoms with Crippen LogP contribution in [0.4, 0.5) is 8.78 Å². The number of nitrogens with one attached hydrogen (secondary N) is 3. The van der Waals surface area contributed by atoms with Crippen LogP contribution >= 0.6 is 0 Å². The maximum absolute atomic E-state index is 14.8. The Labute approximate surface area is 205 Å². The smallest absolute Gasteiger partial charge is 0.285 e. The van der Waals surface area contributed by atoms with Crippen molar-refractivity contribution < 1.29 is 13.6 Å². The maximum Gasteiger partial charge on any atom is 0.285 e. The number of hydrogen-bond donors (Lipinski definition) is 3. The normalized spacial score (nSPS) is 29.5. The molecule has 5 rings (SSSR count). The van der Waals surface area contributed by atoms with Crippen LogP contribution in [0.3, 0.4) is 0 Å². The van der Waals surface area contributed by atoms with Crippen LogP contribution < -0.4 is 16.2 Å². The van der Waals surface area contributed by atoms with Gasteiger partial charge in [0.2, 0.25) is 5.91 Å². The number of amides is 1. The lowest BCUT2D eigenvalue weighted by Crippen LogP contribution is -2.52. The fraction of sp³-hybridized carbons (Fsp3) is 0.556. The minimum Gasteiger partial charge on any atom is -0.352 e. The molecule has 188 valence electrons. The number of carbonyl (C=O) groups is 1. The second kappa shape index (κ2) is 10.3. The predicted molar refractivity (Wildman–Crippen MR) is 131 cm³/mol. The quantitative estimate of drug-likeness (QED) is 0.585. The van der Waals surface area contributed by atoms with Crippen LogP contribution in [-0.2, 0) is 10.7 Å². The third-order valence-electron chi connectivity index (χ3n) is 7.87. The fourth-order valence-corrected chi connectivity index (χ4v) is 6.08. The van der Waals surface area contributed by atoms with Crippen LogP contribution in [0.1, 0.15) is 55.0 Å². The minimum absolute atomic E-state index is 0.0423. The number of likely N-dealkylation sites (tertiary alicyclic amines) is 1. The number of hydrazine groups is 1. The molecule has 2 aromatic rings. The molecule has 3 N–H and O–H groups in total. The number of aromatic nitrogens is 1. The summed E-state index contributed by atoms with van der Waals surface area (Å²) in [6.07, 6.45) is 6.07. The SMILES string of the molecule is Cc1cc(C2NNC3CCC(C(=O)N[C@@H]4CCCN(CC(F)(F)c5ccccc5)C4)CC32)ccn1. The third-order valence-corrected chi connectivity index (χ3v) is 7.87. The molecule has 3 heterocycles. The second-order valence-corrected chi connectivity index (χ2v) is 10.4. The first kappa shape index (κ1) is 24.3. The van der Waals surface area contributed by atoms with Crippen molar-refractivity contribution in [3.63, 3.8) is 0 Å². The van der Waals surface area contributed by atoms with E-state index in [-0.39, 0.29) is 36.0 Å². The van der Waals surface area contributed by atoms with Crippen LogP contribution in [0, 0.1) is 18.8 Å². The molecule has 1 aromatic carbocycles. The average Bonchev–Trinajstić information content (AvgIpc) is 3.28. The molecule has 35 heavy (non-hydrogen) atoms. The Morgan fingerprint density at radius 2 is 2.00 bits per heavy atom. The van der Waals surface area contributed by atoms with E-state index in [2.05, 4.69) is 27.2 Å². The summed E-state index contributed by atoms with van der Waals surface area (Å²) in [5, 5.41) is 3.21. The molecule has 2 saturated heterocycles. The van der Waals surface area contributed by atoms with Gasteiger partial charge in [-0.15, -0.1) is 0 Å². The monoisotopic (exact) mass is 483 g/mol. The van der Waals surface area contributed by atoms with Crippen LogP contribution in [0.5, 0.6) is 0 Å². The maximum atomic E-state index is 14.8. The molecule has 0 bridgehead atoms. The number of piperidine rings is 1. The molecule has 6 nitrogen and oxygen atoms in total. The zero-order chi connectivity index (χ0) is 24.4. The van der Waals surface area contributed by atoms with Crippen LogP contribution in [0.2, 0.25) is 0 Å². The summed E-state index contributed by atoms with van der Waals surface area (Å²) < 4.78 is 29.6. The number of pyridine rings is 1. The Hall–Kier alpha value is -2.42. The summed E-state index contributed by atoms with van der Waals surface area (Å²) in [7, 11) is 0. The number of carbonyl (C=O) groups excluding carboxylic acids is 1. The molecule has 2 aliphatic heterocycles. The number of rotatable bonds is 6. The van der Waals surface area contributed by atoms with Crippen molar-refractivity contribution in [2.75, 3.05) is 19.6 Å². The molecule has 4 unspecified atom stereocenters. The molecule has 0 radical (unpaired) electrons. The van der Waals surface area contributed by atoms with E-state index in [1.165, 1.54) is 17.7 Å². The topological polar surface area (TPSA) is 69.3 Å². The van der Waals surface area contributed by atoms with E-state index >= 15 is 0 Å². The van der Waals surface area contributed by atoms with Crippen molar-refractivity contribution in [2.45, 2.75) is 63.1 Å². The van der Waals surface area contributed by atoms with Gasteiger partial charge in [0.05, 0.1) is 12.6 Å². The Kier molecular flexibility index (Phi) is 7.14. The van der Waals surface area contributed by atoms with Gasteiger partial charge in [-0.3, -0.25) is 20.1 Å². The standard InChI is InChI=1S/C27H35F2N5O/c1-18-14-19(11-12-30-18)25-23-15-20(9-10-24(23)32-33-25)26(35)31-22-8-5-13-34(16-22)17-27(28,29)21-6-3-2-4-7-21/h2-4,6-7,11-12,14,20,22-25,32-33H,5,8-10,13,15-17H2,1H3,(H,31,35)/t20?,22-,23?,24?,25?/m1/s1. The number of nitrogens with zero attached hydrogens (tertiary/aromatic N) is 2. The summed E-state index contributed by atoms with van der Waals surface area (Å²) in [5.41, 5.74) is 9.09. The highest BCUT2D eigenvalue weighted by Gasteiger charge is 2.43. The second-order valence-electron chi connectivity index (χ2n) is 10.4. The number of benzene rings is 1. The lowest BCUT2D eigenvalue weighted by molar-refractivity contribution is -0.127. The first-order valence-corrected chi connectivity index (χ1v) is 12.8. The van der Waals surface area contributed by atoms with Gasteiger partial charge in [0.25, 0.3) is 5.92 Å². The van der Waals surface area contributed by atoms with Crippen molar-refractivity contribution in [1.82, 2.24) is 26.1 Å². The highest BCUT2D eigenvalue weighted by molar-refractivity contribution is 5.79. The van der Waals surface area contributed by atoms with Gasteiger partial charge in [0.1, 0.15) is 0 Å². The number of alkyl halides is 2. The van der Waals surface area contributed by atoms with Gasteiger partial charge in [0.15, 0.2) is 0 Å². The van der Waals surface area contributed by atoms with Crippen molar-refractivity contribution in [1.29, 1.82) is 0 Å². The molecule has 3 fully saturated rings. The minimum atomic E-state index is -2.91. The highest BCUT2D eigenvalue weighted by Crippen LogP contribution is 2.40. The molecule has 3 aliphatic rings. The van der Waals surface area contributed by atoms with Crippen LogP contribution in [0.15, 0.2) is 48.7 Å².